The molecule has 21 heavy (non-hydrogen) atoms. The first-order valence-electron chi connectivity index (χ1n) is 7.90. The van der Waals surface area contributed by atoms with Crippen LogP contribution >= 0.6 is 0 Å². The monoisotopic (exact) mass is 290 g/mol. The van der Waals surface area contributed by atoms with Gasteiger partial charge in [-0.25, -0.2) is 0 Å². The molecule has 4 nitrogen and oxygen atoms in total. The molecule has 0 bridgehead atoms. The van der Waals surface area contributed by atoms with Crippen LogP contribution in [0.25, 0.3) is 0 Å². The van der Waals surface area contributed by atoms with E-state index in [2.05, 4.69) is 22.8 Å². The van der Waals surface area contributed by atoms with Gasteiger partial charge >= 0.3 is 0 Å². The van der Waals surface area contributed by atoms with Crippen LogP contribution in [0.3, 0.4) is 0 Å². The molecule has 2 heterocycles. The zero-order valence-corrected chi connectivity index (χ0v) is 13.3. The normalized spacial score (nSPS) is 26.6. The Balaban J connectivity index is 1.76. The van der Waals surface area contributed by atoms with Gasteiger partial charge in [0.1, 0.15) is 11.5 Å². The third kappa shape index (κ3) is 3.01. The van der Waals surface area contributed by atoms with E-state index in [-0.39, 0.29) is 0 Å². The second kappa shape index (κ2) is 6.24. The van der Waals surface area contributed by atoms with E-state index in [9.17, 15) is 0 Å². The molecule has 0 aromatic heterocycles. The second-order valence-electron chi connectivity index (χ2n) is 6.25. The number of methoxy groups -OCH3 is 2. The molecule has 2 aliphatic rings. The molecule has 116 valence electrons. The van der Waals surface area contributed by atoms with Crippen molar-refractivity contribution in [3.8, 4) is 11.5 Å². The molecule has 1 unspecified atom stereocenters. The van der Waals surface area contributed by atoms with Gasteiger partial charge in [0, 0.05) is 37.3 Å². The summed E-state index contributed by atoms with van der Waals surface area (Å²) in [7, 11) is 3.45. The van der Waals surface area contributed by atoms with Crippen molar-refractivity contribution < 1.29 is 9.47 Å². The van der Waals surface area contributed by atoms with E-state index in [0.717, 1.165) is 24.1 Å². The van der Waals surface area contributed by atoms with Gasteiger partial charge in [0.15, 0.2) is 0 Å². The SMILES string of the molecule is COc1ccc(OC)c(CN2CC3CCCN3C[C@@H]2C)c1. The first-order valence-corrected chi connectivity index (χ1v) is 7.90. The van der Waals surface area contributed by atoms with Crippen LogP contribution in [-0.2, 0) is 6.54 Å². The van der Waals surface area contributed by atoms with E-state index in [1.54, 1.807) is 14.2 Å². The fraction of sp³-hybridized carbons (Fsp3) is 0.647. The Morgan fingerprint density at radius 3 is 2.81 bits per heavy atom. The summed E-state index contributed by atoms with van der Waals surface area (Å²) in [5.74, 6) is 1.86. The van der Waals surface area contributed by atoms with Crippen molar-refractivity contribution >= 4 is 0 Å². The Bertz CT molecular complexity index is 492. The molecule has 0 amide bonds. The van der Waals surface area contributed by atoms with Gasteiger partial charge in [-0.1, -0.05) is 0 Å². The molecular weight excluding hydrogens is 264 g/mol. The maximum Gasteiger partial charge on any atom is 0.123 e. The van der Waals surface area contributed by atoms with E-state index in [1.807, 2.05) is 12.1 Å². The lowest BCUT2D eigenvalue weighted by Crippen LogP contribution is -2.54. The third-order valence-electron chi connectivity index (χ3n) is 4.93. The Hall–Kier alpha value is -1.26. The smallest absolute Gasteiger partial charge is 0.123 e. The molecule has 1 aromatic carbocycles. The molecule has 2 fully saturated rings. The highest BCUT2D eigenvalue weighted by molar-refractivity contribution is 5.40. The predicted octanol–water partition coefficient (Wildman–Crippen LogP) is 2.37. The van der Waals surface area contributed by atoms with Crippen LogP contribution < -0.4 is 9.47 Å². The number of nitrogens with zero attached hydrogens (tertiary/aromatic N) is 2. The molecule has 0 aliphatic carbocycles. The van der Waals surface area contributed by atoms with Gasteiger partial charge in [0.25, 0.3) is 0 Å². The molecule has 0 N–H and O–H groups in total. The van der Waals surface area contributed by atoms with Crippen molar-refractivity contribution in [3.05, 3.63) is 23.8 Å². The van der Waals surface area contributed by atoms with Gasteiger partial charge in [-0.2, -0.15) is 0 Å². The molecule has 4 heteroatoms. The Labute approximate surface area is 127 Å². The van der Waals surface area contributed by atoms with Gasteiger partial charge in [-0.15, -0.1) is 0 Å². The predicted molar refractivity (Wildman–Crippen MR) is 84.0 cm³/mol. The number of hydrogen-bond acceptors (Lipinski definition) is 4. The van der Waals surface area contributed by atoms with Crippen LogP contribution in [0.15, 0.2) is 18.2 Å². The number of rotatable bonds is 4. The van der Waals surface area contributed by atoms with Crippen molar-refractivity contribution in [2.75, 3.05) is 33.9 Å². The first kappa shape index (κ1) is 14.7. The van der Waals surface area contributed by atoms with Gasteiger partial charge in [0.2, 0.25) is 0 Å². The minimum absolute atomic E-state index is 0.593. The number of hydrogen-bond donors (Lipinski definition) is 0. The summed E-state index contributed by atoms with van der Waals surface area (Å²) in [6.07, 6.45) is 2.70. The lowest BCUT2D eigenvalue weighted by atomic mass is 10.1. The van der Waals surface area contributed by atoms with Crippen molar-refractivity contribution in [3.63, 3.8) is 0 Å². The Kier molecular flexibility index (Phi) is 4.36. The molecule has 2 aliphatic heterocycles. The zero-order chi connectivity index (χ0) is 14.8. The van der Waals surface area contributed by atoms with E-state index < -0.39 is 0 Å². The number of benzene rings is 1. The minimum Gasteiger partial charge on any atom is -0.497 e. The van der Waals surface area contributed by atoms with Gasteiger partial charge in [-0.05, 0) is 44.5 Å². The van der Waals surface area contributed by atoms with Crippen LogP contribution in [0.4, 0.5) is 0 Å². The fourth-order valence-electron chi connectivity index (χ4n) is 3.69. The lowest BCUT2D eigenvalue weighted by molar-refractivity contribution is 0.0535. The fourth-order valence-corrected chi connectivity index (χ4v) is 3.69. The third-order valence-corrected chi connectivity index (χ3v) is 4.93. The van der Waals surface area contributed by atoms with E-state index in [0.29, 0.717) is 6.04 Å². The topological polar surface area (TPSA) is 24.9 Å². The molecule has 3 rings (SSSR count). The Morgan fingerprint density at radius 1 is 1.19 bits per heavy atom. The summed E-state index contributed by atoms with van der Waals surface area (Å²) in [5, 5.41) is 0. The van der Waals surface area contributed by atoms with Crippen LogP contribution in [-0.4, -0.2) is 55.7 Å². The molecule has 1 aromatic rings. The second-order valence-corrected chi connectivity index (χ2v) is 6.25. The van der Waals surface area contributed by atoms with Gasteiger partial charge in [0.05, 0.1) is 14.2 Å². The average molecular weight is 290 g/mol. The molecule has 0 spiro atoms. The quantitative estimate of drug-likeness (QED) is 0.850. The van der Waals surface area contributed by atoms with Crippen molar-refractivity contribution in [2.24, 2.45) is 0 Å². The number of ether oxygens (including phenoxy) is 2. The maximum absolute atomic E-state index is 5.52. The molecule has 2 atom stereocenters. The minimum atomic E-state index is 0.593. The Morgan fingerprint density at radius 2 is 2.05 bits per heavy atom. The first-order chi connectivity index (χ1) is 10.2. The van der Waals surface area contributed by atoms with E-state index >= 15 is 0 Å². The number of fused-ring (bicyclic) bond motifs is 1. The molecule has 0 radical (unpaired) electrons. The summed E-state index contributed by atoms with van der Waals surface area (Å²) >= 11 is 0. The van der Waals surface area contributed by atoms with Gasteiger partial charge in [-0.3, -0.25) is 9.80 Å². The van der Waals surface area contributed by atoms with Crippen LogP contribution in [0.1, 0.15) is 25.3 Å². The molecule has 0 saturated carbocycles. The van der Waals surface area contributed by atoms with E-state index in [4.69, 9.17) is 9.47 Å². The average Bonchev–Trinajstić information content (AvgIpc) is 2.94. The van der Waals surface area contributed by atoms with Crippen LogP contribution in [0, 0.1) is 0 Å². The highest BCUT2D eigenvalue weighted by Crippen LogP contribution is 2.29. The highest BCUT2D eigenvalue weighted by Gasteiger charge is 2.34. The summed E-state index contributed by atoms with van der Waals surface area (Å²) in [4.78, 5) is 5.24. The summed E-state index contributed by atoms with van der Waals surface area (Å²) in [6, 6.07) is 7.41. The van der Waals surface area contributed by atoms with E-state index in [1.165, 1.54) is 38.0 Å². The number of piperazine rings is 1. The highest BCUT2D eigenvalue weighted by atomic mass is 16.5. The zero-order valence-electron chi connectivity index (χ0n) is 13.3. The van der Waals surface area contributed by atoms with Gasteiger partial charge < -0.3 is 9.47 Å². The molecular formula is C17H26N2O2. The van der Waals surface area contributed by atoms with Crippen molar-refractivity contribution in [1.82, 2.24) is 9.80 Å². The van der Waals surface area contributed by atoms with Crippen LogP contribution in [0.5, 0.6) is 11.5 Å². The van der Waals surface area contributed by atoms with Crippen molar-refractivity contribution in [2.45, 2.75) is 38.4 Å². The summed E-state index contributed by atoms with van der Waals surface area (Å²) in [6.45, 7) is 6.91. The molecule has 2 saturated heterocycles. The maximum atomic E-state index is 5.52. The standard InChI is InChI=1S/C17H26N2O2/c1-13-10-18-8-4-5-15(18)12-19(13)11-14-9-16(20-2)6-7-17(14)21-3/h6-7,9,13,15H,4-5,8,10-12H2,1-3H3/t13-,15?/m0/s1. The lowest BCUT2D eigenvalue weighted by Gasteiger charge is -2.42. The van der Waals surface area contributed by atoms with Crippen LogP contribution in [0.2, 0.25) is 0 Å². The van der Waals surface area contributed by atoms with Crippen molar-refractivity contribution in [1.29, 1.82) is 0 Å². The summed E-state index contributed by atoms with van der Waals surface area (Å²) < 4.78 is 10.9. The summed E-state index contributed by atoms with van der Waals surface area (Å²) in [5.41, 5.74) is 1.22. The largest absolute Gasteiger partial charge is 0.497 e.